The molecule has 3 aromatic rings. The van der Waals surface area contributed by atoms with Crippen LogP contribution in [0.1, 0.15) is 20.8 Å². The average Bonchev–Trinajstić information content (AvgIpc) is 2.63. The first-order valence-electron chi connectivity index (χ1n) is 9.35. The lowest BCUT2D eigenvalue weighted by Crippen LogP contribution is -2.39. The van der Waals surface area contributed by atoms with Crippen molar-refractivity contribution in [2.75, 3.05) is 16.6 Å². The zero-order valence-corrected chi connectivity index (χ0v) is 19.6. The molecule has 0 aromatic heterocycles. The van der Waals surface area contributed by atoms with Gasteiger partial charge in [-0.2, -0.15) is 0 Å². The van der Waals surface area contributed by atoms with Crippen LogP contribution < -0.4 is 10.0 Å². The number of halogens is 2. The van der Waals surface area contributed by atoms with Crippen LogP contribution in [-0.2, 0) is 19.6 Å². The zero-order valence-electron chi connectivity index (χ0n) is 17.2. The maximum atomic E-state index is 13.5. The van der Waals surface area contributed by atoms with E-state index in [1.807, 2.05) is 0 Å². The van der Waals surface area contributed by atoms with Crippen molar-refractivity contribution in [3.05, 3.63) is 64.6 Å². The Kier molecular flexibility index (Phi) is 6.41. The number of esters is 1. The lowest BCUT2D eigenvalue weighted by atomic mass is 10.1. The summed E-state index contributed by atoms with van der Waals surface area (Å²) in [4.78, 5) is 12.4. The summed E-state index contributed by atoms with van der Waals surface area (Å²) >= 11 is 12.0. The van der Waals surface area contributed by atoms with Crippen molar-refractivity contribution in [3.63, 3.8) is 0 Å². The molecule has 164 valence electrons. The first-order valence-corrected chi connectivity index (χ1v) is 11.5. The van der Waals surface area contributed by atoms with Crippen LogP contribution >= 0.6 is 23.2 Å². The highest BCUT2D eigenvalue weighted by molar-refractivity contribution is 7.92. The molecule has 0 aliphatic rings. The highest BCUT2D eigenvalue weighted by atomic mass is 35.5. The molecule has 0 atom stereocenters. The van der Waals surface area contributed by atoms with Gasteiger partial charge in [0, 0.05) is 15.7 Å². The molecule has 0 heterocycles. The number of benzene rings is 3. The minimum atomic E-state index is -4.19. The predicted octanol–water partition coefficient (Wildman–Crippen LogP) is 5.27. The van der Waals surface area contributed by atoms with Crippen LogP contribution in [0.25, 0.3) is 10.8 Å². The smallest absolute Gasteiger partial charge is 0.327 e. The van der Waals surface area contributed by atoms with Crippen LogP contribution in [0.5, 0.6) is 0 Å². The predicted molar refractivity (Wildman–Crippen MR) is 125 cm³/mol. The van der Waals surface area contributed by atoms with Gasteiger partial charge >= 0.3 is 5.97 Å². The molecule has 0 fully saturated rings. The van der Waals surface area contributed by atoms with Crippen LogP contribution in [-0.4, -0.2) is 26.5 Å². The van der Waals surface area contributed by atoms with Crippen LogP contribution in [0.3, 0.4) is 0 Å². The van der Waals surface area contributed by atoms with Gasteiger partial charge in [0.2, 0.25) is 0 Å². The lowest BCUT2D eigenvalue weighted by Gasteiger charge is -2.26. The number of hydrogen-bond donors (Lipinski definition) is 1. The van der Waals surface area contributed by atoms with Crippen molar-refractivity contribution in [1.82, 2.24) is 0 Å². The summed E-state index contributed by atoms with van der Waals surface area (Å²) in [7, 11) is -4.19. The monoisotopic (exact) mass is 480 g/mol. The van der Waals surface area contributed by atoms with Gasteiger partial charge in [-0.25, -0.2) is 8.42 Å². The van der Waals surface area contributed by atoms with E-state index >= 15 is 0 Å². The standard InChI is InChI=1S/C22H22Cl2N2O4S/c1-22(2,3)30-21(27)13-26(31(28,29)20-11-16(23)10-17(24)12-20)19-7-5-14-8-18(25)6-4-15(14)9-19/h4-12H,13,25H2,1-3H3. The molecule has 6 nitrogen and oxygen atoms in total. The van der Waals surface area contributed by atoms with Gasteiger partial charge in [-0.3, -0.25) is 9.10 Å². The third-order valence-corrected chi connectivity index (χ3v) is 6.44. The van der Waals surface area contributed by atoms with Gasteiger partial charge in [0.05, 0.1) is 10.6 Å². The summed E-state index contributed by atoms with van der Waals surface area (Å²) in [6, 6.07) is 14.3. The van der Waals surface area contributed by atoms with Crippen molar-refractivity contribution < 1.29 is 17.9 Å². The summed E-state index contributed by atoms with van der Waals surface area (Å²) in [5, 5.41) is 1.93. The van der Waals surface area contributed by atoms with E-state index in [2.05, 4.69) is 0 Å². The van der Waals surface area contributed by atoms with E-state index < -0.39 is 28.1 Å². The van der Waals surface area contributed by atoms with Crippen LogP contribution in [0.4, 0.5) is 11.4 Å². The number of hydrogen-bond acceptors (Lipinski definition) is 5. The fourth-order valence-electron chi connectivity index (χ4n) is 3.02. The Bertz CT molecular complexity index is 1230. The molecular formula is C22H22Cl2N2O4S. The molecule has 0 radical (unpaired) electrons. The molecule has 0 aliphatic heterocycles. The summed E-state index contributed by atoms with van der Waals surface area (Å²) in [5.41, 5.74) is 5.94. The van der Waals surface area contributed by atoms with Gasteiger partial charge in [-0.15, -0.1) is 0 Å². The molecule has 9 heteroatoms. The first kappa shape index (κ1) is 23.2. The van der Waals surface area contributed by atoms with Crippen molar-refractivity contribution in [1.29, 1.82) is 0 Å². The molecule has 0 spiro atoms. The Hall–Kier alpha value is -2.48. The number of sulfonamides is 1. The number of nitrogen functional groups attached to an aromatic ring is 1. The van der Waals surface area contributed by atoms with Crippen LogP contribution in [0.2, 0.25) is 10.0 Å². The molecule has 3 aromatic carbocycles. The van der Waals surface area contributed by atoms with E-state index in [1.165, 1.54) is 18.2 Å². The number of rotatable bonds is 5. The SMILES string of the molecule is CC(C)(C)OC(=O)CN(c1ccc2cc(N)ccc2c1)S(=O)(=O)c1cc(Cl)cc(Cl)c1. The molecule has 2 N–H and O–H groups in total. The van der Waals surface area contributed by atoms with E-state index in [-0.39, 0.29) is 14.9 Å². The largest absolute Gasteiger partial charge is 0.459 e. The Labute approximate surface area is 191 Å². The number of nitrogens with zero attached hydrogens (tertiary/aromatic N) is 1. The molecule has 0 bridgehead atoms. The van der Waals surface area contributed by atoms with Crippen molar-refractivity contribution in [2.24, 2.45) is 0 Å². The van der Waals surface area contributed by atoms with E-state index in [4.69, 9.17) is 33.7 Å². The minimum Gasteiger partial charge on any atom is -0.459 e. The molecule has 3 rings (SSSR count). The van der Waals surface area contributed by atoms with E-state index in [9.17, 15) is 13.2 Å². The molecule has 0 unspecified atom stereocenters. The second-order valence-electron chi connectivity index (χ2n) is 7.99. The van der Waals surface area contributed by atoms with Crippen molar-refractivity contribution in [3.8, 4) is 0 Å². The topological polar surface area (TPSA) is 89.7 Å². The molecule has 0 saturated carbocycles. The number of carbonyl (C=O) groups excluding carboxylic acids is 1. The second-order valence-corrected chi connectivity index (χ2v) is 10.7. The van der Waals surface area contributed by atoms with Crippen molar-refractivity contribution in [2.45, 2.75) is 31.3 Å². The fraction of sp³-hybridized carbons (Fsp3) is 0.227. The summed E-state index contributed by atoms with van der Waals surface area (Å²) in [5.74, 6) is -0.693. The highest BCUT2D eigenvalue weighted by Crippen LogP contribution is 2.31. The number of anilines is 2. The lowest BCUT2D eigenvalue weighted by molar-refractivity contribution is -0.152. The number of nitrogens with two attached hydrogens (primary N) is 1. The normalized spacial score (nSPS) is 12.0. The van der Waals surface area contributed by atoms with Gasteiger partial charge < -0.3 is 10.5 Å². The molecule has 0 aliphatic carbocycles. The summed E-state index contributed by atoms with van der Waals surface area (Å²) in [6.07, 6.45) is 0. The molecule has 31 heavy (non-hydrogen) atoms. The fourth-order valence-corrected chi connectivity index (χ4v) is 5.15. The third-order valence-electron chi connectivity index (χ3n) is 4.25. The van der Waals surface area contributed by atoms with Gasteiger partial charge in [0.1, 0.15) is 12.1 Å². The summed E-state index contributed by atoms with van der Waals surface area (Å²) in [6.45, 7) is 4.60. The van der Waals surface area contributed by atoms with E-state index in [1.54, 1.807) is 57.2 Å². The van der Waals surface area contributed by atoms with Gasteiger partial charge in [-0.1, -0.05) is 35.3 Å². The average molecular weight is 481 g/mol. The number of ether oxygens (including phenoxy) is 1. The highest BCUT2D eigenvalue weighted by Gasteiger charge is 2.30. The molecule has 0 amide bonds. The number of carbonyl (C=O) groups is 1. The zero-order chi connectivity index (χ0) is 23.0. The van der Waals surface area contributed by atoms with Crippen molar-refractivity contribution >= 4 is 61.3 Å². The third kappa shape index (κ3) is 5.61. The quantitative estimate of drug-likeness (QED) is 0.396. The van der Waals surface area contributed by atoms with Crippen LogP contribution in [0, 0.1) is 0 Å². The Morgan fingerprint density at radius 1 is 0.968 bits per heavy atom. The molecule has 0 saturated heterocycles. The maximum absolute atomic E-state index is 13.5. The first-order chi connectivity index (χ1) is 14.3. The van der Waals surface area contributed by atoms with Gasteiger partial charge in [0.15, 0.2) is 0 Å². The van der Waals surface area contributed by atoms with Gasteiger partial charge in [0.25, 0.3) is 10.0 Å². The minimum absolute atomic E-state index is 0.133. The van der Waals surface area contributed by atoms with E-state index in [0.717, 1.165) is 15.1 Å². The Balaban J connectivity index is 2.12. The maximum Gasteiger partial charge on any atom is 0.327 e. The van der Waals surface area contributed by atoms with Crippen LogP contribution in [0.15, 0.2) is 59.5 Å². The Morgan fingerprint density at radius 3 is 2.16 bits per heavy atom. The van der Waals surface area contributed by atoms with E-state index in [0.29, 0.717) is 11.4 Å². The summed E-state index contributed by atoms with van der Waals surface area (Å²) < 4.78 is 33.4. The Morgan fingerprint density at radius 2 is 1.55 bits per heavy atom. The number of fused-ring (bicyclic) bond motifs is 1. The second kappa shape index (κ2) is 8.57. The molecular weight excluding hydrogens is 459 g/mol. The van der Waals surface area contributed by atoms with Gasteiger partial charge in [-0.05, 0) is 74.0 Å².